The first kappa shape index (κ1) is 15.7. The largest absolute Gasteiger partial charge is 0.330 e. The lowest BCUT2D eigenvalue weighted by Gasteiger charge is -2.17. The van der Waals surface area contributed by atoms with E-state index in [9.17, 15) is 4.79 Å². The van der Waals surface area contributed by atoms with Gasteiger partial charge in [0.1, 0.15) is 12.1 Å². The summed E-state index contributed by atoms with van der Waals surface area (Å²) < 4.78 is 0. The van der Waals surface area contributed by atoms with Crippen molar-refractivity contribution in [2.24, 2.45) is 0 Å². The molecule has 112 valence electrons. The average Bonchev–Trinajstić information content (AvgIpc) is 2.56. The van der Waals surface area contributed by atoms with Crippen LogP contribution in [0.15, 0.2) is 54.6 Å². The number of hydrogen-bond donors (Lipinski definition) is 2. The van der Waals surface area contributed by atoms with Gasteiger partial charge in [-0.15, -0.1) is 0 Å². The number of amides is 1. The van der Waals surface area contributed by atoms with E-state index in [0.717, 1.165) is 0 Å². The molecule has 0 radical (unpaired) electrons. The van der Waals surface area contributed by atoms with Gasteiger partial charge in [-0.1, -0.05) is 42.5 Å². The molecule has 0 bridgehead atoms. The molecule has 0 aliphatic rings. The first-order chi connectivity index (χ1) is 10.6. The van der Waals surface area contributed by atoms with Gasteiger partial charge in [0.05, 0.1) is 11.3 Å². The number of rotatable bonds is 5. The van der Waals surface area contributed by atoms with E-state index in [-0.39, 0.29) is 18.0 Å². The van der Waals surface area contributed by atoms with Gasteiger partial charge in [-0.05, 0) is 26.0 Å². The number of nitrogens with zero attached hydrogens (tertiary/aromatic N) is 1. The molecule has 2 atom stereocenters. The molecule has 4 nitrogen and oxygen atoms in total. The number of hydrogen-bond acceptors (Lipinski definition) is 2. The van der Waals surface area contributed by atoms with E-state index >= 15 is 0 Å². The fourth-order valence-electron chi connectivity index (χ4n) is 2.32. The zero-order valence-corrected chi connectivity index (χ0v) is 12.8. The predicted molar refractivity (Wildman–Crippen MR) is 86.0 cm³/mol. The Morgan fingerprint density at radius 2 is 1.73 bits per heavy atom. The normalized spacial score (nSPS) is 13.0. The Balaban J connectivity index is 1.99. The monoisotopic (exact) mass is 294 g/mol. The Morgan fingerprint density at radius 3 is 2.41 bits per heavy atom. The fourth-order valence-corrected chi connectivity index (χ4v) is 2.32. The molecule has 0 unspecified atom stereocenters. The highest BCUT2D eigenvalue weighted by Crippen LogP contribution is 2.13. The molecule has 0 aliphatic heterocycles. The van der Waals surface area contributed by atoms with Gasteiger partial charge in [0, 0.05) is 5.56 Å². The van der Waals surface area contributed by atoms with Crippen molar-refractivity contribution in [3.05, 3.63) is 65.7 Å². The molecule has 0 saturated carbocycles. The number of benzene rings is 2. The Morgan fingerprint density at radius 1 is 1.09 bits per heavy atom. The van der Waals surface area contributed by atoms with Gasteiger partial charge >= 0.3 is 0 Å². The van der Waals surface area contributed by atoms with Crippen LogP contribution in [-0.4, -0.2) is 11.9 Å². The molecule has 3 N–H and O–H groups in total. The number of para-hydroxylation sites is 1. The number of anilines is 1. The Hall–Kier alpha value is -2.64. The molecule has 0 saturated heterocycles. The maximum atomic E-state index is 12.3. The second kappa shape index (κ2) is 7.39. The van der Waals surface area contributed by atoms with E-state index in [0.29, 0.717) is 11.3 Å². The van der Waals surface area contributed by atoms with Gasteiger partial charge in [0.2, 0.25) is 0 Å². The van der Waals surface area contributed by atoms with Crippen LogP contribution < -0.4 is 10.6 Å². The van der Waals surface area contributed by atoms with E-state index in [1.807, 2.05) is 30.4 Å². The maximum Gasteiger partial charge on any atom is 0.282 e. The zero-order valence-electron chi connectivity index (χ0n) is 12.8. The van der Waals surface area contributed by atoms with Crippen LogP contribution in [-0.2, 0) is 4.79 Å². The highest BCUT2D eigenvalue weighted by Gasteiger charge is 2.20. The van der Waals surface area contributed by atoms with Crippen molar-refractivity contribution >= 4 is 11.6 Å². The van der Waals surface area contributed by atoms with Crippen molar-refractivity contribution in [1.29, 1.82) is 5.26 Å². The summed E-state index contributed by atoms with van der Waals surface area (Å²) in [5.41, 5.74) is 2.21. The van der Waals surface area contributed by atoms with Crippen molar-refractivity contribution in [3.8, 4) is 6.07 Å². The lowest BCUT2D eigenvalue weighted by molar-refractivity contribution is -0.709. The summed E-state index contributed by atoms with van der Waals surface area (Å²) in [7, 11) is 0. The molecule has 22 heavy (non-hydrogen) atoms. The Kier molecular flexibility index (Phi) is 5.29. The molecule has 4 heteroatoms. The third kappa shape index (κ3) is 3.94. The summed E-state index contributed by atoms with van der Waals surface area (Å²) in [6, 6.07) is 19.1. The summed E-state index contributed by atoms with van der Waals surface area (Å²) in [6.07, 6.45) is 0. The quantitative estimate of drug-likeness (QED) is 0.887. The zero-order chi connectivity index (χ0) is 15.9. The number of nitrogens with one attached hydrogen (secondary N) is 1. The smallest absolute Gasteiger partial charge is 0.282 e. The van der Waals surface area contributed by atoms with Gasteiger partial charge in [-0.3, -0.25) is 4.79 Å². The van der Waals surface area contributed by atoms with Crippen molar-refractivity contribution < 1.29 is 10.1 Å². The lowest BCUT2D eigenvalue weighted by atomic mass is 10.1. The van der Waals surface area contributed by atoms with Crippen molar-refractivity contribution in [1.82, 2.24) is 0 Å². The van der Waals surface area contributed by atoms with Crippen LogP contribution in [0.4, 0.5) is 5.69 Å². The number of nitrogens with two attached hydrogens (primary N) is 1. The van der Waals surface area contributed by atoms with Crippen LogP contribution in [0.25, 0.3) is 0 Å². The molecule has 0 aromatic heterocycles. The van der Waals surface area contributed by atoms with E-state index in [2.05, 4.69) is 30.4 Å². The van der Waals surface area contributed by atoms with Crippen LogP contribution in [0.2, 0.25) is 0 Å². The molecule has 2 aromatic carbocycles. The molecular formula is C18H20N3O+. The van der Waals surface area contributed by atoms with Gasteiger partial charge in [-0.25, -0.2) is 0 Å². The number of quaternary nitrogens is 1. The van der Waals surface area contributed by atoms with Crippen molar-refractivity contribution in [3.63, 3.8) is 0 Å². The van der Waals surface area contributed by atoms with Crippen LogP contribution >= 0.6 is 0 Å². The second-order valence-electron chi connectivity index (χ2n) is 5.33. The number of carbonyl (C=O) groups excluding carboxylic acids is 1. The van der Waals surface area contributed by atoms with Crippen LogP contribution in [0.5, 0.6) is 0 Å². The first-order valence-electron chi connectivity index (χ1n) is 7.31. The molecule has 2 aromatic rings. The number of nitriles is 1. The molecule has 1 amide bonds. The summed E-state index contributed by atoms with van der Waals surface area (Å²) in [6.45, 7) is 3.94. The van der Waals surface area contributed by atoms with Crippen LogP contribution in [0.1, 0.15) is 31.0 Å². The van der Waals surface area contributed by atoms with Gasteiger partial charge in [0.15, 0.2) is 6.04 Å². The van der Waals surface area contributed by atoms with Crippen molar-refractivity contribution in [2.75, 3.05) is 5.32 Å². The van der Waals surface area contributed by atoms with Gasteiger partial charge in [0.25, 0.3) is 5.91 Å². The topological polar surface area (TPSA) is 69.5 Å². The molecule has 2 rings (SSSR count). The van der Waals surface area contributed by atoms with Crippen LogP contribution in [0.3, 0.4) is 0 Å². The molecular weight excluding hydrogens is 274 g/mol. The second-order valence-corrected chi connectivity index (χ2v) is 5.33. The van der Waals surface area contributed by atoms with E-state index in [1.165, 1.54) is 5.56 Å². The van der Waals surface area contributed by atoms with E-state index in [4.69, 9.17) is 5.26 Å². The minimum atomic E-state index is -0.248. The third-order valence-electron chi connectivity index (χ3n) is 3.62. The minimum Gasteiger partial charge on any atom is -0.330 e. The summed E-state index contributed by atoms with van der Waals surface area (Å²) in [5, 5.41) is 13.9. The Labute approximate surface area is 130 Å². The number of carbonyl (C=O) groups is 1. The fraction of sp³-hybridized carbons (Fsp3) is 0.222. The van der Waals surface area contributed by atoms with Crippen molar-refractivity contribution in [2.45, 2.75) is 25.9 Å². The first-order valence-corrected chi connectivity index (χ1v) is 7.31. The summed E-state index contributed by atoms with van der Waals surface area (Å²) >= 11 is 0. The molecule has 0 fully saturated rings. The van der Waals surface area contributed by atoms with Gasteiger partial charge < -0.3 is 10.6 Å². The average molecular weight is 294 g/mol. The highest BCUT2D eigenvalue weighted by atomic mass is 16.2. The minimum absolute atomic E-state index is 0.106. The van der Waals surface area contributed by atoms with E-state index < -0.39 is 0 Å². The van der Waals surface area contributed by atoms with Crippen LogP contribution in [0, 0.1) is 11.3 Å². The molecule has 0 aliphatic carbocycles. The SMILES string of the molecule is C[C@H]([NH2+][C@@H](C)c1ccccc1)C(=O)Nc1ccccc1C#N. The predicted octanol–water partition coefficient (Wildman–Crippen LogP) is 2.21. The third-order valence-corrected chi connectivity index (χ3v) is 3.62. The maximum absolute atomic E-state index is 12.3. The molecule has 0 spiro atoms. The Bertz CT molecular complexity index is 676. The lowest BCUT2D eigenvalue weighted by Crippen LogP contribution is -2.91. The molecule has 0 heterocycles. The summed E-state index contributed by atoms with van der Waals surface area (Å²) in [4.78, 5) is 12.3. The standard InChI is InChI=1S/C18H19N3O/c1-13(15-8-4-3-5-9-15)20-14(2)18(22)21-17-11-7-6-10-16(17)12-19/h3-11,13-14,20H,1-2H3,(H,21,22)/p+1/t13-,14-/m0/s1. The summed E-state index contributed by atoms with van der Waals surface area (Å²) in [5.74, 6) is -0.106. The highest BCUT2D eigenvalue weighted by molar-refractivity contribution is 5.94. The van der Waals surface area contributed by atoms with Gasteiger partial charge in [-0.2, -0.15) is 5.26 Å². The van der Waals surface area contributed by atoms with E-state index in [1.54, 1.807) is 24.3 Å².